The number of nitrogens with zero attached hydrogens (tertiary/aromatic N) is 3. The van der Waals surface area contributed by atoms with Crippen LogP contribution in [-0.2, 0) is 18.1 Å². The van der Waals surface area contributed by atoms with Crippen molar-refractivity contribution in [3.63, 3.8) is 0 Å². The molecule has 0 spiro atoms. The number of aromatic nitrogens is 3. The van der Waals surface area contributed by atoms with Crippen molar-refractivity contribution in [3.8, 4) is 11.6 Å². The summed E-state index contributed by atoms with van der Waals surface area (Å²) in [5, 5.41) is 0.486. The van der Waals surface area contributed by atoms with Crippen LogP contribution in [0.1, 0.15) is 5.82 Å². The first-order valence-corrected chi connectivity index (χ1v) is 13.3. The molecule has 3 aromatic rings. The first-order chi connectivity index (χ1) is 13.9. The summed E-state index contributed by atoms with van der Waals surface area (Å²) in [6.07, 6.45) is 1.65. The summed E-state index contributed by atoms with van der Waals surface area (Å²) in [5.41, 5.74) is 0.412. The van der Waals surface area contributed by atoms with Crippen LogP contribution < -0.4 is 15.0 Å². The standard InChI is InChI=1S/C21H27N3O4Si/c1-26-16-8-9-18-17(13-16)21(25)24(15-27-11-12-29(2,3)4)19(23-18)14-28-20-7-5-6-10-22-20/h5-10,13H,11-12,14-15H2,1-4H3. The lowest BCUT2D eigenvalue weighted by Crippen LogP contribution is -2.29. The first kappa shape index (κ1) is 21.0. The Hall–Kier alpha value is -2.71. The van der Waals surface area contributed by atoms with Gasteiger partial charge in [0.2, 0.25) is 5.88 Å². The molecule has 0 amide bonds. The third kappa shape index (κ3) is 5.64. The van der Waals surface area contributed by atoms with Gasteiger partial charge in [-0.15, -0.1) is 0 Å². The molecular weight excluding hydrogens is 386 g/mol. The van der Waals surface area contributed by atoms with Crippen LogP contribution in [0.2, 0.25) is 25.7 Å². The minimum atomic E-state index is -1.22. The van der Waals surface area contributed by atoms with Crippen LogP contribution in [0.15, 0.2) is 47.4 Å². The zero-order chi connectivity index (χ0) is 20.9. The molecular formula is C21H27N3O4Si. The molecule has 0 bridgehead atoms. The van der Waals surface area contributed by atoms with Crippen molar-refractivity contribution in [2.24, 2.45) is 0 Å². The quantitative estimate of drug-likeness (QED) is 0.393. The number of fused-ring (bicyclic) bond motifs is 1. The summed E-state index contributed by atoms with van der Waals surface area (Å²) in [7, 11) is 0.356. The number of benzene rings is 1. The third-order valence-corrected chi connectivity index (χ3v) is 6.15. The van der Waals surface area contributed by atoms with Gasteiger partial charge in [0.15, 0.2) is 5.82 Å². The molecule has 2 heterocycles. The minimum Gasteiger partial charge on any atom is -0.497 e. The van der Waals surface area contributed by atoms with Gasteiger partial charge >= 0.3 is 0 Å². The van der Waals surface area contributed by atoms with E-state index in [1.807, 2.05) is 12.1 Å². The Balaban J connectivity index is 1.89. The molecule has 0 saturated heterocycles. The van der Waals surface area contributed by atoms with E-state index >= 15 is 0 Å². The van der Waals surface area contributed by atoms with Gasteiger partial charge in [0.25, 0.3) is 5.56 Å². The highest BCUT2D eigenvalue weighted by atomic mass is 28.3. The van der Waals surface area contributed by atoms with Crippen molar-refractivity contribution in [2.45, 2.75) is 39.0 Å². The van der Waals surface area contributed by atoms with E-state index in [-0.39, 0.29) is 18.9 Å². The van der Waals surface area contributed by atoms with Crippen molar-refractivity contribution in [3.05, 3.63) is 58.8 Å². The molecule has 0 N–H and O–H groups in total. The molecule has 154 valence electrons. The van der Waals surface area contributed by atoms with E-state index in [9.17, 15) is 4.79 Å². The Morgan fingerprint density at radius 2 is 1.97 bits per heavy atom. The molecule has 0 fully saturated rings. The Bertz CT molecular complexity index is 1020. The third-order valence-electron chi connectivity index (χ3n) is 4.44. The zero-order valence-corrected chi connectivity index (χ0v) is 18.3. The van der Waals surface area contributed by atoms with Crippen LogP contribution >= 0.6 is 0 Å². The lowest BCUT2D eigenvalue weighted by Gasteiger charge is -2.17. The minimum absolute atomic E-state index is 0.117. The van der Waals surface area contributed by atoms with Crippen LogP contribution in [0.25, 0.3) is 10.9 Å². The molecule has 1 aromatic carbocycles. The summed E-state index contributed by atoms with van der Waals surface area (Å²) in [5.74, 6) is 1.58. The van der Waals surface area contributed by atoms with E-state index in [1.165, 1.54) is 4.57 Å². The summed E-state index contributed by atoms with van der Waals surface area (Å²) in [6, 6.07) is 11.7. The van der Waals surface area contributed by atoms with Crippen LogP contribution in [0.5, 0.6) is 11.6 Å². The highest BCUT2D eigenvalue weighted by Gasteiger charge is 2.15. The number of pyridine rings is 1. The van der Waals surface area contributed by atoms with E-state index in [2.05, 4.69) is 29.6 Å². The molecule has 0 saturated carbocycles. The van der Waals surface area contributed by atoms with Gasteiger partial charge in [0, 0.05) is 26.9 Å². The fourth-order valence-electron chi connectivity index (χ4n) is 2.72. The molecule has 0 aliphatic carbocycles. The van der Waals surface area contributed by atoms with E-state index < -0.39 is 8.07 Å². The second kappa shape index (κ2) is 9.19. The van der Waals surface area contributed by atoms with E-state index in [1.54, 1.807) is 37.6 Å². The van der Waals surface area contributed by atoms with Crippen LogP contribution in [-0.4, -0.2) is 36.3 Å². The van der Waals surface area contributed by atoms with E-state index in [0.29, 0.717) is 35.0 Å². The fraction of sp³-hybridized carbons (Fsp3) is 0.381. The molecule has 8 heteroatoms. The molecule has 0 aliphatic rings. The predicted octanol–water partition coefficient (Wildman–Crippen LogP) is 3.69. The van der Waals surface area contributed by atoms with Gasteiger partial charge in [0.05, 0.1) is 18.0 Å². The van der Waals surface area contributed by atoms with Crippen molar-refractivity contribution in [1.82, 2.24) is 14.5 Å². The van der Waals surface area contributed by atoms with Crippen LogP contribution in [0.4, 0.5) is 0 Å². The van der Waals surface area contributed by atoms with Gasteiger partial charge in [-0.25, -0.2) is 9.97 Å². The number of ether oxygens (including phenoxy) is 3. The lowest BCUT2D eigenvalue weighted by atomic mass is 10.2. The van der Waals surface area contributed by atoms with Gasteiger partial charge < -0.3 is 14.2 Å². The maximum absolute atomic E-state index is 13.1. The van der Waals surface area contributed by atoms with Gasteiger partial charge in [-0.2, -0.15) is 0 Å². The summed E-state index contributed by atoms with van der Waals surface area (Å²) in [4.78, 5) is 21.9. The molecule has 0 radical (unpaired) electrons. The zero-order valence-electron chi connectivity index (χ0n) is 17.3. The van der Waals surface area contributed by atoms with Gasteiger partial charge in [-0.3, -0.25) is 9.36 Å². The number of hydrogen-bond acceptors (Lipinski definition) is 6. The predicted molar refractivity (Wildman–Crippen MR) is 115 cm³/mol. The second-order valence-corrected chi connectivity index (χ2v) is 13.6. The van der Waals surface area contributed by atoms with E-state index in [0.717, 1.165) is 6.04 Å². The lowest BCUT2D eigenvalue weighted by molar-refractivity contribution is 0.0791. The Labute approximate surface area is 171 Å². The molecule has 0 aliphatic heterocycles. The van der Waals surface area contributed by atoms with Crippen molar-refractivity contribution >= 4 is 19.0 Å². The highest BCUT2D eigenvalue weighted by Crippen LogP contribution is 2.18. The van der Waals surface area contributed by atoms with Crippen molar-refractivity contribution in [2.75, 3.05) is 13.7 Å². The molecule has 7 nitrogen and oxygen atoms in total. The molecule has 0 unspecified atom stereocenters. The van der Waals surface area contributed by atoms with Crippen molar-refractivity contribution < 1.29 is 14.2 Å². The maximum Gasteiger partial charge on any atom is 0.263 e. The Morgan fingerprint density at radius 3 is 2.66 bits per heavy atom. The highest BCUT2D eigenvalue weighted by molar-refractivity contribution is 6.76. The summed E-state index contributed by atoms with van der Waals surface area (Å²) < 4.78 is 18.3. The molecule has 2 aromatic heterocycles. The van der Waals surface area contributed by atoms with Crippen molar-refractivity contribution in [1.29, 1.82) is 0 Å². The van der Waals surface area contributed by atoms with Gasteiger partial charge in [-0.1, -0.05) is 25.7 Å². The Kier molecular flexibility index (Phi) is 6.66. The fourth-order valence-corrected chi connectivity index (χ4v) is 3.48. The van der Waals surface area contributed by atoms with Gasteiger partial charge in [0.1, 0.15) is 19.1 Å². The average molecular weight is 414 g/mol. The number of hydrogen-bond donors (Lipinski definition) is 0. The smallest absolute Gasteiger partial charge is 0.263 e. The second-order valence-electron chi connectivity index (χ2n) is 7.95. The molecule has 29 heavy (non-hydrogen) atoms. The monoisotopic (exact) mass is 413 g/mol. The SMILES string of the molecule is COc1ccc2nc(COc3ccccn3)n(COCC[Si](C)(C)C)c(=O)c2c1. The topological polar surface area (TPSA) is 75.5 Å². The Morgan fingerprint density at radius 1 is 1.14 bits per heavy atom. The normalized spacial score (nSPS) is 11.6. The van der Waals surface area contributed by atoms with Crippen LogP contribution in [0.3, 0.4) is 0 Å². The largest absolute Gasteiger partial charge is 0.497 e. The first-order valence-electron chi connectivity index (χ1n) is 9.56. The number of rotatable bonds is 9. The number of methoxy groups -OCH3 is 1. The maximum atomic E-state index is 13.1. The molecule has 3 rings (SSSR count). The summed E-state index contributed by atoms with van der Waals surface area (Å²) >= 11 is 0. The average Bonchev–Trinajstić information content (AvgIpc) is 2.71. The van der Waals surface area contributed by atoms with E-state index in [4.69, 9.17) is 14.2 Å². The summed E-state index contributed by atoms with van der Waals surface area (Å²) in [6.45, 7) is 7.73. The van der Waals surface area contributed by atoms with Gasteiger partial charge in [-0.05, 0) is 30.3 Å². The van der Waals surface area contributed by atoms with Crippen LogP contribution in [0, 0.1) is 0 Å². The molecule has 0 atom stereocenters.